The van der Waals surface area contributed by atoms with E-state index in [9.17, 15) is 9.90 Å². The van der Waals surface area contributed by atoms with Gasteiger partial charge in [0.15, 0.2) is 0 Å². The second kappa shape index (κ2) is 13.3. The number of ether oxygens (including phenoxy) is 1. The van der Waals surface area contributed by atoms with Crippen molar-refractivity contribution in [3.05, 3.63) is 183 Å². The Morgan fingerprint density at radius 1 is 0.760 bits per heavy atom. The smallest absolute Gasteiger partial charge is 0.336 e. The summed E-state index contributed by atoms with van der Waals surface area (Å²) in [4.78, 5) is 14.4. The van der Waals surface area contributed by atoms with Crippen molar-refractivity contribution in [2.45, 2.75) is 51.2 Å². The molecule has 2 aliphatic rings. The lowest BCUT2D eigenvalue weighted by atomic mass is 9.76. The molecule has 2 heterocycles. The second-order valence-electron chi connectivity index (χ2n) is 13.4. The van der Waals surface area contributed by atoms with E-state index in [4.69, 9.17) is 9.15 Å². The van der Waals surface area contributed by atoms with E-state index in [-0.39, 0.29) is 11.5 Å². The summed E-state index contributed by atoms with van der Waals surface area (Å²) in [5, 5.41) is 11.2. The minimum atomic E-state index is -0.949. The summed E-state index contributed by atoms with van der Waals surface area (Å²) in [7, 11) is 0. The summed E-state index contributed by atoms with van der Waals surface area (Å²) in [5.74, 6) is 1.18. The Kier molecular flexibility index (Phi) is 8.43. The van der Waals surface area contributed by atoms with Gasteiger partial charge in [-0.25, -0.2) is 4.79 Å². The Hall–Kier alpha value is -5.65. The van der Waals surface area contributed by atoms with Crippen molar-refractivity contribution < 1.29 is 14.3 Å². The van der Waals surface area contributed by atoms with E-state index in [1.807, 2.05) is 38.1 Å². The maximum atomic E-state index is 12.2. The first-order valence-electron chi connectivity index (χ1n) is 17.3. The van der Waals surface area contributed by atoms with Crippen LogP contribution in [0.1, 0.15) is 65.8 Å². The number of hydrogen-bond acceptors (Lipinski definition) is 5. The molecule has 0 spiro atoms. The van der Waals surface area contributed by atoms with Crippen LogP contribution in [0.25, 0.3) is 16.5 Å². The fraction of sp³-hybridized carbons (Fsp3) is 0.178. The summed E-state index contributed by atoms with van der Waals surface area (Å²) in [6.45, 7) is 3.95. The monoisotopic (exact) mass is 657 g/mol. The molecule has 5 nitrogen and oxygen atoms in total. The summed E-state index contributed by atoms with van der Waals surface area (Å²) in [6.07, 6.45) is 6.20. The van der Waals surface area contributed by atoms with Crippen molar-refractivity contribution in [1.29, 1.82) is 0 Å². The molecular formula is C45H39NO4. The van der Waals surface area contributed by atoms with Crippen molar-refractivity contribution in [2.24, 2.45) is 0 Å². The summed E-state index contributed by atoms with van der Waals surface area (Å²) in [5.41, 5.74) is 11.4. The lowest BCUT2D eigenvalue weighted by Gasteiger charge is -2.30. The van der Waals surface area contributed by atoms with Crippen LogP contribution in [0.4, 0.5) is 17.1 Å². The van der Waals surface area contributed by atoms with Gasteiger partial charge in [0.25, 0.3) is 0 Å². The minimum Gasteiger partial charge on any atom is -0.461 e. The van der Waals surface area contributed by atoms with Gasteiger partial charge in [0.2, 0.25) is 6.29 Å². The molecular weight excluding hydrogens is 618 g/mol. The molecule has 0 fully saturated rings. The van der Waals surface area contributed by atoms with Gasteiger partial charge in [0.05, 0.1) is 0 Å². The summed E-state index contributed by atoms with van der Waals surface area (Å²) in [6, 6.07) is 44.0. The molecule has 0 bridgehead atoms. The molecule has 1 aliphatic carbocycles. The minimum absolute atomic E-state index is 0.0927. The zero-order valence-electron chi connectivity index (χ0n) is 28.3. The number of allylic oxidation sites excluding steroid dienone is 3. The highest BCUT2D eigenvalue weighted by Crippen LogP contribution is 2.44. The first-order valence-corrected chi connectivity index (χ1v) is 17.3. The van der Waals surface area contributed by atoms with Crippen molar-refractivity contribution in [3.63, 3.8) is 0 Å². The van der Waals surface area contributed by atoms with Gasteiger partial charge in [-0.05, 0) is 115 Å². The van der Waals surface area contributed by atoms with Crippen molar-refractivity contribution in [1.82, 2.24) is 0 Å². The molecule has 5 heteroatoms. The molecule has 1 aromatic heterocycles. The first-order chi connectivity index (χ1) is 24.4. The molecule has 248 valence electrons. The second-order valence-corrected chi connectivity index (χ2v) is 13.4. The highest BCUT2D eigenvalue weighted by atomic mass is 16.6. The number of rotatable bonds is 7. The summed E-state index contributed by atoms with van der Waals surface area (Å²) < 4.78 is 11.5. The SMILES string of the molecule is CC1=CC(O)Oc2cc(N(c3ccccc3)c3ccc(C4CC=C(C(c5ccccc5)c5ccc6c(C)cc(=O)oc6c5)CC4)cc3)ccc21. The number of nitrogens with zero attached hydrogens (tertiary/aromatic N) is 1. The fourth-order valence-electron chi connectivity index (χ4n) is 7.67. The van der Waals surface area contributed by atoms with Crippen LogP contribution in [0.3, 0.4) is 0 Å². The van der Waals surface area contributed by atoms with Crippen molar-refractivity contribution in [2.75, 3.05) is 4.90 Å². The van der Waals surface area contributed by atoms with E-state index in [0.29, 0.717) is 17.3 Å². The molecule has 6 aromatic rings. The van der Waals surface area contributed by atoms with Crippen LogP contribution in [-0.4, -0.2) is 11.4 Å². The molecule has 3 unspecified atom stereocenters. The fourth-order valence-corrected chi connectivity index (χ4v) is 7.67. The van der Waals surface area contributed by atoms with E-state index in [1.54, 1.807) is 12.1 Å². The number of benzene rings is 5. The molecule has 0 radical (unpaired) electrons. The van der Waals surface area contributed by atoms with Crippen LogP contribution in [0, 0.1) is 6.92 Å². The van der Waals surface area contributed by atoms with E-state index >= 15 is 0 Å². The van der Waals surface area contributed by atoms with E-state index < -0.39 is 6.29 Å². The third-order valence-corrected chi connectivity index (χ3v) is 10.2. The van der Waals surface area contributed by atoms with Gasteiger partial charge >= 0.3 is 5.63 Å². The highest BCUT2D eigenvalue weighted by Gasteiger charge is 2.26. The van der Waals surface area contributed by atoms with Gasteiger partial charge in [0, 0.05) is 46.1 Å². The Labute approximate surface area is 292 Å². The Morgan fingerprint density at radius 2 is 1.48 bits per heavy atom. The van der Waals surface area contributed by atoms with Crippen molar-refractivity contribution >= 4 is 33.6 Å². The quantitative estimate of drug-likeness (QED) is 0.137. The zero-order valence-corrected chi connectivity index (χ0v) is 28.3. The average molecular weight is 658 g/mol. The zero-order chi connectivity index (χ0) is 34.2. The molecule has 1 aliphatic heterocycles. The standard InChI is InChI=1S/C45H39NO4/c1-29-25-43(47)49-41-27-35(19-23-39(29)41)45(33-9-5-3-6-10-33)34-15-13-31(14-16-34)32-17-20-37(21-18-32)46(36-11-7-4-8-12-36)38-22-24-40-30(2)26-44(48)50-42(40)28-38/h3-12,15,17-28,31,44-45,48H,13-14,16H2,1-2H3. The Bertz CT molecular complexity index is 2290. The lowest BCUT2D eigenvalue weighted by Crippen LogP contribution is -2.18. The normalized spacial score (nSPS) is 17.7. The first kappa shape index (κ1) is 31.6. The summed E-state index contributed by atoms with van der Waals surface area (Å²) >= 11 is 0. The van der Waals surface area contributed by atoms with Crippen molar-refractivity contribution in [3.8, 4) is 5.75 Å². The predicted molar refractivity (Wildman–Crippen MR) is 202 cm³/mol. The number of aliphatic hydroxyl groups is 1. The molecule has 5 aromatic carbocycles. The van der Waals surface area contributed by atoms with E-state index in [2.05, 4.69) is 108 Å². The van der Waals surface area contributed by atoms with Crippen LogP contribution in [0.15, 0.2) is 154 Å². The van der Waals surface area contributed by atoms with Gasteiger partial charge in [-0.15, -0.1) is 0 Å². The average Bonchev–Trinajstić information content (AvgIpc) is 3.13. The number of fused-ring (bicyclic) bond motifs is 2. The maximum Gasteiger partial charge on any atom is 0.336 e. The number of anilines is 3. The number of hydrogen-bond donors (Lipinski definition) is 1. The predicted octanol–water partition coefficient (Wildman–Crippen LogP) is 10.7. The molecule has 8 rings (SSSR count). The molecule has 0 amide bonds. The van der Waals surface area contributed by atoms with Gasteiger partial charge < -0.3 is 19.2 Å². The largest absolute Gasteiger partial charge is 0.461 e. The molecule has 1 N–H and O–H groups in total. The van der Waals surface area contributed by atoms with E-state index in [1.165, 1.54) is 16.7 Å². The van der Waals surface area contributed by atoms with Crippen LogP contribution >= 0.6 is 0 Å². The number of aryl methyl sites for hydroxylation is 1. The lowest BCUT2D eigenvalue weighted by molar-refractivity contribution is 0.0225. The van der Waals surface area contributed by atoms with Crippen LogP contribution in [0.2, 0.25) is 0 Å². The van der Waals surface area contributed by atoms with Crippen LogP contribution in [0.5, 0.6) is 5.75 Å². The number of aliphatic hydroxyl groups excluding tert-OH is 1. The van der Waals surface area contributed by atoms with Gasteiger partial charge in [-0.1, -0.05) is 84.4 Å². The Balaban J connectivity index is 1.08. The van der Waals surface area contributed by atoms with Crippen LogP contribution in [-0.2, 0) is 0 Å². The Morgan fingerprint density at radius 3 is 2.22 bits per heavy atom. The molecule has 3 atom stereocenters. The molecule has 50 heavy (non-hydrogen) atoms. The van der Waals surface area contributed by atoms with Gasteiger partial charge in [-0.2, -0.15) is 0 Å². The highest BCUT2D eigenvalue weighted by molar-refractivity contribution is 5.82. The van der Waals surface area contributed by atoms with Gasteiger partial charge in [0.1, 0.15) is 11.3 Å². The van der Waals surface area contributed by atoms with Crippen LogP contribution < -0.4 is 15.3 Å². The molecule has 0 saturated heterocycles. The maximum absolute atomic E-state index is 12.2. The third kappa shape index (κ3) is 6.17. The van der Waals surface area contributed by atoms with E-state index in [0.717, 1.165) is 64.0 Å². The third-order valence-electron chi connectivity index (χ3n) is 10.2. The topological polar surface area (TPSA) is 62.9 Å². The van der Waals surface area contributed by atoms with Gasteiger partial charge in [-0.3, -0.25) is 0 Å². The number of para-hydroxylation sites is 1. The molecule has 0 saturated carbocycles.